The molecule has 136 valence electrons. The predicted octanol–water partition coefficient (Wildman–Crippen LogP) is 3.97. The number of alkyl halides is 3. The number of benzene rings is 1. The number of amides is 1. The van der Waals surface area contributed by atoms with Crippen molar-refractivity contribution < 1.29 is 22.7 Å². The number of hydrogen-bond acceptors (Lipinski definition) is 3. The van der Waals surface area contributed by atoms with Gasteiger partial charge in [0.15, 0.2) is 0 Å². The van der Waals surface area contributed by atoms with E-state index in [9.17, 15) is 18.0 Å². The molecule has 8 heteroatoms. The predicted molar refractivity (Wildman–Crippen MR) is 88.4 cm³/mol. The first-order valence-corrected chi connectivity index (χ1v) is 7.70. The van der Waals surface area contributed by atoms with Crippen LogP contribution < -0.4 is 15.4 Å². The molecule has 1 aromatic carbocycles. The summed E-state index contributed by atoms with van der Waals surface area (Å²) in [6, 6.07) is 5.31. The smallest absolute Gasteiger partial charge is 0.406 e. The van der Waals surface area contributed by atoms with Crippen LogP contribution >= 0.6 is 12.4 Å². The number of piperidine rings is 1. The minimum atomic E-state index is -4.74. The Labute approximate surface area is 145 Å². The van der Waals surface area contributed by atoms with Crippen LogP contribution in [-0.4, -0.2) is 25.4 Å². The van der Waals surface area contributed by atoms with Crippen LogP contribution in [0.4, 0.5) is 18.9 Å². The zero-order valence-electron chi connectivity index (χ0n) is 13.4. The molecule has 1 heterocycles. The van der Waals surface area contributed by atoms with Gasteiger partial charge in [-0.25, -0.2) is 0 Å². The number of hydrogen-bond donors (Lipinski definition) is 2. The van der Waals surface area contributed by atoms with Crippen LogP contribution in [0.1, 0.15) is 26.2 Å². The molecule has 1 unspecified atom stereocenters. The lowest BCUT2D eigenvalue weighted by molar-refractivity contribution is -0.274. The highest BCUT2D eigenvalue weighted by Crippen LogP contribution is 2.27. The molecule has 1 atom stereocenters. The largest absolute Gasteiger partial charge is 0.573 e. The van der Waals surface area contributed by atoms with E-state index in [0.717, 1.165) is 25.9 Å². The van der Waals surface area contributed by atoms with Gasteiger partial charge in [-0.3, -0.25) is 4.79 Å². The standard InChI is InChI=1S/C16H21F3N2O2.ClH/c1-11(12-5-7-20-8-6-12)9-15(22)21-13-3-2-4-14(10-13)23-16(17,18)19;/h2-4,10-12,20H,5-9H2,1H3,(H,21,22);1H. The summed E-state index contributed by atoms with van der Waals surface area (Å²) < 4.78 is 40.4. The maximum absolute atomic E-state index is 12.2. The topological polar surface area (TPSA) is 50.4 Å². The highest BCUT2D eigenvalue weighted by Gasteiger charge is 2.31. The lowest BCUT2D eigenvalue weighted by atomic mass is 9.84. The van der Waals surface area contributed by atoms with Crippen LogP contribution in [0.3, 0.4) is 0 Å². The maximum Gasteiger partial charge on any atom is 0.573 e. The van der Waals surface area contributed by atoms with Gasteiger partial charge in [0, 0.05) is 18.2 Å². The summed E-state index contributed by atoms with van der Waals surface area (Å²) in [4.78, 5) is 12.1. The second-order valence-corrected chi connectivity index (χ2v) is 5.89. The Morgan fingerprint density at radius 1 is 1.38 bits per heavy atom. The molecule has 0 aromatic heterocycles. The summed E-state index contributed by atoms with van der Waals surface area (Å²) in [5.74, 6) is 0.204. The molecule has 1 aliphatic rings. The number of halogens is 4. The molecule has 2 rings (SSSR count). The zero-order valence-corrected chi connectivity index (χ0v) is 14.2. The summed E-state index contributed by atoms with van der Waals surface area (Å²) >= 11 is 0. The van der Waals surface area contributed by atoms with E-state index < -0.39 is 6.36 Å². The molecular weight excluding hydrogens is 345 g/mol. The molecule has 4 nitrogen and oxygen atoms in total. The van der Waals surface area contributed by atoms with E-state index in [1.54, 1.807) is 0 Å². The lowest BCUT2D eigenvalue weighted by Crippen LogP contribution is -2.32. The van der Waals surface area contributed by atoms with Gasteiger partial charge in [0.2, 0.25) is 5.91 Å². The van der Waals surface area contributed by atoms with Crippen molar-refractivity contribution in [2.24, 2.45) is 11.8 Å². The van der Waals surface area contributed by atoms with E-state index in [0.29, 0.717) is 18.0 Å². The first-order valence-electron chi connectivity index (χ1n) is 7.70. The minimum Gasteiger partial charge on any atom is -0.406 e. The molecule has 0 spiro atoms. The molecule has 1 fully saturated rings. The van der Waals surface area contributed by atoms with E-state index in [2.05, 4.69) is 15.4 Å². The molecule has 0 saturated carbocycles. The molecule has 1 aromatic rings. The Kier molecular flexibility index (Phi) is 7.83. The summed E-state index contributed by atoms with van der Waals surface area (Å²) in [7, 11) is 0. The fraction of sp³-hybridized carbons (Fsp3) is 0.562. The third-order valence-corrected chi connectivity index (χ3v) is 4.05. The van der Waals surface area contributed by atoms with E-state index in [1.165, 1.54) is 24.3 Å². The molecular formula is C16H22ClF3N2O2. The van der Waals surface area contributed by atoms with E-state index in [4.69, 9.17) is 0 Å². The lowest BCUT2D eigenvalue weighted by Gasteiger charge is -2.27. The molecule has 24 heavy (non-hydrogen) atoms. The Bertz CT molecular complexity index is 534. The molecule has 2 N–H and O–H groups in total. The first-order chi connectivity index (χ1) is 10.8. The number of anilines is 1. The van der Waals surface area contributed by atoms with Crippen molar-refractivity contribution in [2.75, 3.05) is 18.4 Å². The van der Waals surface area contributed by atoms with Gasteiger partial charge in [0.1, 0.15) is 5.75 Å². The van der Waals surface area contributed by atoms with Crippen molar-refractivity contribution in [3.05, 3.63) is 24.3 Å². The van der Waals surface area contributed by atoms with Gasteiger partial charge in [-0.1, -0.05) is 13.0 Å². The number of carbonyl (C=O) groups excluding carboxylic acids is 1. The normalized spacial score (nSPS) is 16.8. The molecule has 1 aliphatic heterocycles. The second-order valence-electron chi connectivity index (χ2n) is 5.89. The fourth-order valence-electron chi connectivity index (χ4n) is 2.86. The van der Waals surface area contributed by atoms with Gasteiger partial charge in [0.05, 0.1) is 0 Å². The van der Waals surface area contributed by atoms with Gasteiger partial charge >= 0.3 is 6.36 Å². The van der Waals surface area contributed by atoms with Crippen LogP contribution in [0.15, 0.2) is 24.3 Å². The zero-order chi connectivity index (χ0) is 16.9. The van der Waals surface area contributed by atoms with Crippen LogP contribution in [0.25, 0.3) is 0 Å². The van der Waals surface area contributed by atoms with Gasteiger partial charge in [-0.15, -0.1) is 25.6 Å². The van der Waals surface area contributed by atoms with Crippen LogP contribution in [0, 0.1) is 11.8 Å². The van der Waals surface area contributed by atoms with E-state index >= 15 is 0 Å². The SMILES string of the molecule is CC(CC(=O)Nc1cccc(OC(F)(F)F)c1)C1CCNCC1.Cl. The van der Waals surface area contributed by atoms with E-state index in [-0.39, 0.29) is 30.0 Å². The average Bonchev–Trinajstić information content (AvgIpc) is 2.46. The number of ether oxygens (including phenoxy) is 1. The third kappa shape index (κ3) is 6.97. The molecule has 0 radical (unpaired) electrons. The number of carbonyl (C=O) groups is 1. The first kappa shape index (κ1) is 20.6. The number of rotatable bonds is 5. The molecule has 0 bridgehead atoms. The van der Waals surface area contributed by atoms with Crippen molar-refractivity contribution in [1.82, 2.24) is 5.32 Å². The Balaban J connectivity index is 0.00000288. The summed E-state index contributed by atoms with van der Waals surface area (Å²) in [6.45, 7) is 3.97. The quantitative estimate of drug-likeness (QED) is 0.829. The monoisotopic (exact) mass is 366 g/mol. The molecule has 1 saturated heterocycles. The Morgan fingerprint density at radius 2 is 2.04 bits per heavy atom. The van der Waals surface area contributed by atoms with Gasteiger partial charge in [0.25, 0.3) is 0 Å². The molecule has 1 amide bonds. The van der Waals surface area contributed by atoms with Crippen molar-refractivity contribution >= 4 is 24.0 Å². The molecule has 0 aliphatic carbocycles. The number of nitrogens with one attached hydrogen (secondary N) is 2. The van der Waals surface area contributed by atoms with Crippen LogP contribution in [-0.2, 0) is 4.79 Å². The van der Waals surface area contributed by atoms with Crippen LogP contribution in [0.2, 0.25) is 0 Å². The van der Waals surface area contributed by atoms with Crippen molar-refractivity contribution in [3.8, 4) is 5.75 Å². The van der Waals surface area contributed by atoms with Gasteiger partial charge in [-0.2, -0.15) is 0 Å². The van der Waals surface area contributed by atoms with Crippen molar-refractivity contribution in [2.45, 2.75) is 32.5 Å². The third-order valence-electron chi connectivity index (χ3n) is 4.05. The van der Waals surface area contributed by atoms with Gasteiger partial charge in [-0.05, 0) is 49.9 Å². The van der Waals surface area contributed by atoms with Gasteiger partial charge < -0.3 is 15.4 Å². The van der Waals surface area contributed by atoms with Crippen LogP contribution in [0.5, 0.6) is 5.75 Å². The highest BCUT2D eigenvalue weighted by molar-refractivity contribution is 5.91. The average molecular weight is 367 g/mol. The summed E-state index contributed by atoms with van der Waals surface area (Å²) in [5.41, 5.74) is 0.300. The highest BCUT2D eigenvalue weighted by atomic mass is 35.5. The Morgan fingerprint density at radius 3 is 2.67 bits per heavy atom. The maximum atomic E-state index is 12.2. The van der Waals surface area contributed by atoms with E-state index in [1.807, 2.05) is 6.92 Å². The van der Waals surface area contributed by atoms with Crippen molar-refractivity contribution in [3.63, 3.8) is 0 Å². The summed E-state index contributed by atoms with van der Waals surface area (Å²) in [6.07, 6.45) is -2.30. The minimum absolute atomic E-state index is 0. The summed E-state index contributed by atoms with van der Waals surface area (Å²) in [5, 5.41) is 5.92. The second kappa shape index (κ2) is 9.13. The Hall–Kier alpha value is -1.47. The fourth-order valence-corrected chi connectivity index (χ4v) is 2.86. The van der Waals surface area contributed by atoms with Crippen molar-refractivity contribution in [1.29, 1.82) is 0 Å².